The van der Waals surface area contributed by atoms with Crippen LogP contribution in [-0.4, -0.2) is 34.7 Å². The van der Waals surface area contributed by atoms with Crippen molar-refractivity contribution in [3.05, 3.63) is 47.1 Å². The van der Waals surface area contributed by atoms with Crippen LogP contribution >= 0.6 is 0 Å². The molecule has 1 atom stereocenters. The molecule has 2 heterocycles. The maximum absolute atomic E-state index is 6.18. The summed E-state index contributed by atoms with van der Waals surface area (Å²) in [6.45, 7) is 5.15. The Morgan fingerprint density at radius 3 is 2.81 bits per heavy atom. The lowest BCUT2D eigenvalue weighted by Gasteiger charge is -2.17. The molecule has 0 aliphatic carbocycles. The quantitative estimate of drug-likeness (QED) is 0.911. The molecule has 0 saturated carbocycles. The highest BCUT2D eigenvalue weighted by molar-refractivity contribution is 5.27. The zero-order chi connectivity index (χ0) is 14.7. The van der Waals surface area contributed by atoms with Gasteiger partial charge >= 0.3 is 0 Å². The van der Waals surface area contributed by atoms with Gasteiger partial charge in [0.05, 0.1) is 12.5 Å². The summed E-state index contributed by atoms with van der Waals surface area (Å²) in [5, 5.41) is 4.05. The van der Waals surface area contributed by atoms with Crippen molar-refractivity contribution in [1.29, 1.82) is 0 Å². The summed E-state index contributed by atoms with van der Waals surface area (Å²) in [5.41, 5.74) is 8.63. The van der Waals surface area contributed by atoms with Crippen LogP contribution in [0.5, 0.6) is 0 Å². The minimum absolute atomic E-state index is 0.169. The van der Waals surface area contributed by atoms with Crippen molar-refractivity contribution in [2.45, 2.75) is 32.2 Å². The first kappa shape index (κ1) is 14.2. The number of benzene rings is 1. The molecule has 2 aromatic rings. The van der Waals surface area contributed by atoms with Gasteiger partial charge in [-0.2, -0.15) is 4.98 Å². The summed E-state index contributed by atoms with van der Waals surface area (Å²) < 4.78 is 5.35. The number of likely N-dealkylation sites (tertiary alicyclic amines) is 1. The topological polar surface area (TPSA) is 68.2 Å². The third kappa shape index (κ3) is 3.49. The van der Waals surface area contributed by atoms with Gasteiger partial charge in [-0.05, 0) is 44.0 Å². The molecule has 1 aliphatic heterocycles. The fourth-order valence-electron chi connectivity index (χ4n) is 2.79. The van der Waals surface area contributed by atoms with E-state index in [1.54, 1.807) is 0 Å². The van der Waals surface area contributed by atoms with E-state index in [4.69, 9.17) is 10.3 Å². The Hall–Kier alpha value is -1.72. The minimum Gasteiger partial charge on any atom is -0.339 e. The highest BCUT2D eigenvalue weighted by Crippen LogP contribution is 2.16. The molecule has 0 amide bonds. The van der Waals surface area contributed by atoms with Crippen molar-refractivity contribution in [1.82, 2.24) is 15.0 Å². The summed E-state index contributed by atoms with van der Waals surface area (Å²) in [7, 11) is 0. The molecule has 1 saturated heterocycles. The SMILES string of the molecule is Cc1ccccc1Cc1nc(C(N)CN2CCCC2)no1. The zero-order valence-corrected chi connectivity index (χ0v) is 12.5. The van der Waals surface area contributed by atoms with Gasteiger partial charge in [-0.3, -0.25) is 0 Å². The van der Waals surface area contributed by atoms with Crippen LogP contribution in [-0.2, 0) is 6.42 Å². The zero-order valence-electron chi connectivity index (χ0n) is 12.5. The van der Waals surface area contributed by atoms with Gasteiger partial charge in [0.25, 0.3) is 0 Å². The second-order valence-corrected chi connectivity index (χ2v) is 5.76. The molecule has 1 aromatic carbocycles. The van der Waals surface area contributed by atoms with Gasteiger partial charge in [0.2, 0.25) is 5.89 Å². The van der Waals surface area contributed by atoms with Gasteiger partial charge in [0.15, 0.2) is 5.82 Å². The molecule has 5 heteroatoms. The Morgan fingerprint density at radius 1 is 1.29 bits per heavy atom. The molecular formula is C16H22N4O. The summed E-state index contributed by atoms with van der Waals surface area (Å²) in [4.78, 5) is 6.82. The summed E-state index contributed by atoms with van der Waals surface area (Å²) in [6.07, 6.45) is 3.19. The average molecular weight is 286 g/mol. The third-order valence-electron chi connectivity index (χ3n) is 4.07. The van der Waals surface area contributed by atoms with Gasteiger partial charge in [0.1, 0.15) is 0 Å². The van der Waals surface area contributed by atoms with E-state index in [2.05, 4.69) is 34.1 Å². The highest BCUT2D eigenvalue weighted by atomic mass is 16.5. The summed E-state index contributed by atoms with van der Waals surface area (Å²) >= 11 is 0. The molecule has 1 fully saturated rings. The van der Waals surface area contributed by atoms with Gasteiger partial charge in [-0.1, -0.05) is 29.4 Å². The molecule has 3 rings (SSSR count). The maximum atomic E-state index is 6.18. The van der Waals surface area contributed by atoms with Crippen LogP contribution in [0.15, 0.2) is 28.8 Å². The van der Waals surface area contributed by atoms with Gasteiger partial charge in [0, 0.05) is 6.54 Å². The van der Waals surface area contributed by atoms with E-state index in [1.807, 2.05) is 12.1 Å². The van der Waals surface area contributed by atoms with E-state index in [1.165, 1.54) is 24.0 Å². The molecule has 1 aliphatic rings. The monoisotopic (exact) mass is 286 g/mol. The molecule has 1 unspecified atom stereocenters. The highest BCUT2D eigenvalue weighted by Gasteiger charge is 2.20. The molecule has 1 aromatic heterocycles. The van der Waals surface area contributed by atoms with Gasteiger partial charge in [-0.15, -0.1) is 0 Å². The Balaban J connectivity index is 1.64. The van der Waals surface area contributed by atoms with Crippen LogP contribution < -0.4 is 5.73 Å². The van der Waals surface area contributed by atoms with Crippen molar-refractivity contribution in [3.8, 4) is 0 Å². The first-order chi connectivity index (χ1) is 10.2. The normalized spacial score (nSPS) is 17.2. The van der Waals surface area contributed by atoms with Crippen LogP contribution in [0.4, 0.5) is 0 Å². The molecule has 5 nitrogen and oxygen atoms in total. The number of rotatable bonds is 5. The Labute approximate surface area is 125 Å². The summed E-state index contributed by atoms with van der Waals surface area (Å²) in [5.74, 6) is 1.25. The molecule has 0 bridgehead atoms. The van der Waals surface area contributed by atoms with E-state index in [9.17, 15) is 0 Å². The standard InChI is InChI=1S/C16H22N4O/c1-12-6-2-3-7-13(12)10-15-18-16(19-21-15)14(17)11-20-8-4-5-9-20/h2-3,6-7,14H,4-5,8-11,17H2,1H3. The van der Waals surface area contributed by atoms with Crippen LogP contribution in [0.25, 0.3) is 0 Å². The number of nitrogens with two attached hydrogens (primary N) is 1. The summed E-state index contributed by atoms with van der Waals surface area (Å²) in [6, 6.07) is 8.06. The van der Waals surface area contributed by atoms with E-state index in [0.29, 0.717) is 18.1 Å². The van der Waals surface area contributed by atoms with Crippen LogP contribution in [0.1, 0.15) is 41.7 Å². The van der Waals surface area contributed by atoms with Crippen molar-refractivity contribution < 1.29 is 4.52 Å². The minimum atomic E-state index is -0.169. The molecule has 2 N–H and O–H groups in total. The Bertz CT molecular complexity index is 589. The first-order valence-corrected chi connectivity index (χ1v) is 7.57. The van der Waals surface area contributed by atoms with Crippen molar-refractivity contribution >= 4 is 0 Å². The third-order valence-corrected chi connectivity index (χ3v) is 4.07. The largest absolute Gasteiger partial charge is 0.339 e. The van der Waals surface area contributed by atoms with Crippen LogP contribution in [0, 0.1) is 6.92 Å². The van der Waals surface area contributed by atoms with E-state index in [-0.39, 0.29) is 6.04 Å². The molecular weight excluding hydrogens is 264 g/mol. The Morgan fingerprint density at radius 2 is 2.05 bits per heavy atom. The van der Waals surface area contributed by atoms with Crippen LogP contribution in [0.3, 0.4) is 0 Å². The van der Waals surface area contributed by atoms with Crippen molar-refractivity contribution in [2.24, 2.45) is 5.73 Å². The van der Waals surface area contributed by atoms with Crippen molar-refractivity contribution in [3.63, 3.8) is 0 Å². The van der Waals surface area contributed by atoms with Crippen LogP contribution in [0.2, 0.25) is 0 Å². The second-order valence-electron chi connectivity index (χ2n) is 5.76. The van der Waals surface area contributed by atoms with Crippen molar-refractivity contribution in [2.75, 3.05) is 19.6 Å². The average Bonchev–Trinajstić information content (AvgIpc) is 3.13. The lowest BCUT2D eigenvalue weighted by Crippen LogP contribution is -2.30. The second kappa shape index (κ2) is 6.37. The number of aryl methyl sites for hydroxylation is 1. The number of nitrogens with zero attached hydrogens (tertiary/aromatic N) is 3. The smallest absolute Gasteiger partial charge is 0.231 e. The number of aromatic nitrogens is 2. The number of hydrogen-bond acceptors (Lipinski definition) is 5. The molecule has 112 valence electrons. The maximum Gasteiger partial charge on any atom is 0.231 e. The fourth-order valence-corrected chi connectivity index (χ4v) is 2.79. The number of hydrogen-bond donors (Lipinski definition) is 1. The van der Waals surface area contributed by atoms with E-state index < -0.39 is 0 Å². The molecule has 0 radical (unpaired) electrons. The molecule has 0 spiro atoms. The predicted octanol–water partition coefficient (Wildman–Crippen LogP) is 2.06. The lowest BCUT2D eigenvalue weighted by molar-refractivity contribution is 0.305. The van der Waals surface area contributed by atoms with Gasteiger partial charge in [-0.25, -0.2) is 0 Å². The molecule has 21 heavy (non-hydrogen) atoms. The lowest BCUT2D eigenvalue weighted by atomic mass is 10.1. The first-order valence-electron chi connectivity index (χ1n) is 7.57. The van der Waals surface area contributed by atoms with E-state index in [0.717, 1.165) is 19.6 Å². The fraction of sp³-hybridized carbons (Fsp3) is 0.500. The van der Waals surface area contributed by atoms with Gasteiger partial charge < -0.3 is 15.2 Å². The predicted molar refractivity (Wildman–Crippen MR) is 80.9 cm³/mol. The Kier molecular flexibility index (Phi) is 4.31. The van der Waals surface area contributed by atoms with E-state index >= 15 is 0 Å².